The minimum absolute atomic E-state index is 0.0425. The van der Waals surface area contributed by atoms with E-state index in [9.17, 15) is 4.79 Å². The number of rotatable bonds is 1. The lowest BCUT2D eigenvalue weighted by molar-refractivity contribution is -0.645. The van der Waals surface area contributed by atoms with Crippen molar-refractivity contribution in [2.24, 2.45) is 0 Å². The van der Waals surface area contributed by atoms with E-state index in [0.717, 1.165) is 23.1 Å². The van der Waals surface area contributed by atoms with E-state index in [2.05, 4.69) is 11.5 Å². The molecule has 3 nitrogen and oxygen atoms in total. The topological polar surface area (TPSA) is 25.4 Å². The van der Waals surface area contributed by atoms with E-state index in [-0.39, 0.29) is 5.56 Å². The fourth-order valence-corrected chi connectivity index (χ4v) is 2.30. The lowest BCUT2D eigenvalue weighted by Crippen LogP contribution is -2.39. The van der Waals surface area contributed by atoms with Gasteiger partial charge in [0.1, 0.15) is 10.9 Å². The third kappa shape index (κ3) is 1.35. The molecular weight excluding hydrogens is 212 g/mol. The van der Waals surface area contributed by atoms with E-state index in [1.807, 2.05) is 48.7 Å². The van der Waals surface area contributed by atoms with E-state index in [1.165, 1.54) is 0 Å². The molecule has 0 amide bonds. The minimum atomic E-state index is 0.0425. The predicted molar refractivity (Wildman–Crippen MR) is 67.0 cm³/mol. The van der Waals surface area contributed by atoms with Crippen molar-refractivity contribution in [2.75, 3.05) is 0 Å². The van der Waals surface area contributed by atoms with Gasteiger partial charge in [0.05, 0.1) is 12.7 Å². The summed E-state index contributed by atoms with van der Waals surface area (Å²) in [7, 11) is 0. The Morgan fingerprint density at radius 2 is 1.88 bits per heavy atom. The van der Waals surface area contributed by atoms with Crippen LogP contribution in [0.25, 0.3) is 16.6 Å². The van der Waals surface area contributed by atoms with E-state index >= 15 is 0 Å². The fraction of sp³-hybridized carbons (Fsp3) is 0.143. The van der Waals surface area contributed by atoms with Gasteiger partial charge in [0, 0.05) is 6.07 Å². The molecule has 0 aliphatic rings. The van der Waals surface area contributed by atoms with Gasteiger partial charge in [0.15, 0.2) is 0 Å². The number of hydrogen-bond donors (Lipinski definition) is 0. The van der Waals surface area contributed by atoms with Gasteiger partial charge in [-0.2, -0.15) is 4.40 Å². The van der Waals surface area contributed by atoms with E-state index < -0.39 is 0 Å². The summed E-state index contributed by atoms with van der Waals surface area (Å²) in [6, 6.07) is 13.5. The lowest BCUT2D eigenvalue weighted by Gasteiger charge is -2.04. The maximum absolute atomic E-state index is 12.3. The fourth-order valence-electron chi connectivity index (χ4n) is 2.30. The summed E-state index contributed by atoms with van der Waals surface area (Å²) >= 11 is 0. The summed E-state index contributed by atoms with van der Waals surface area (Å²) in [5, 5.41) is 0.762. The molecule has 0 bridgehead atoms. The molecule has 84 valence electrons. The van der Waals surface area contributed by atoms with Crippen LogP contribution in [0.2, 0.25) is 0 Å². The largest absolute Gasteiger partial charge is 0.350 e. The number of nitrogens with zero attached hydrogens (tertiary/aromatic N) is 2. The zero-order valence-corrected chi connectivity index (χ0v) is 9.63. The third-order valence-electron chi connectivity index (χ3n) is 3.08. The zero-order valence-electron chi connectivity index (χ0n) is 9.63. The standard InChI is InChI=1S/C14H13N2O/c1-2-15-12-8-4-3-7-11(12)14(17)16-10-6-5-9-13(15)16/h3-10H,2H2,1H3/q+1. The zero-order chi connectivity index (χ0) is 11.8. The quantitative estimate of drug-likeness (QED) is 0.457. The number of pyridine rings is 1. The second-order valence-corrected chi connectivity index (χ2v) is 4.00. The van der Waals surface area contributed by atoms with E-state index in [1.54, 1.807) is 4.40 Å². The van der Waals surface area contributed by atoms with Crippen LogP contribution in [0.3, 0.4) is 0 Å². The van der Waals surface area contributed by atoms with Crippen molar-refractivity contribution < 1.29 is 4.57 Å². The molecule has 0 aliphatic carbocycles. The third-order valence-corrected chi connectivity index (χ3v) is 3.08. The predicted octanol–water partition coefficient (Wildman–Crippen LogP) is 1.76. The Balaban J connectivity index is 2.68. The molecule has 3 rings (SSSR count). The smallest absolute Gasteiger partial charge is 0.240 e. The van der Waals surface area contributed by atoms with Crippen LogP contribution in [0.1, 0.15) is 6.92 Å². The van der Waals surface area contributed by atoms with Crippen molar-refractivity contribution in [1.29, 1.82) is 0 Å². The average molecular weight is 225 g/mol. The maximum atomic E-state index is 12.3. The van der Waals surface area contributed by atoms with Gasteiger partial charge in [0.2, 0.25) is 0 Å². The van der Waals surface area contributed by atoms with Gasteiger partial charge in [0.25, 0.3) is 5.65 Å². The summed E-state index contributed by atoms with van der Waals surface area (Å²) in [5.74, 6) is 0. The monoisotopic (exact) mass is 225 g/mol. The minimum Gasteiger partial charge on any atom is -0.240 e. The molecule has 3 aromatic rings. The Bertz CT molecular complexity index is 699. The van der Waals surface area contributed by atoms with Crippen LogP contribution < -0.4 is 10.1 Å². The first-order valence-corrected chi connectivity index (χ1v) is 5.75. The van der Waals surface area contributed by atoms with Crippen molar-refractivity contribution >= 4 is 16.6 Å². The molecule has 0 unspecified atom stereocenters. The first-order chi connectivity index (χ1) is 8.33. The maximum Gasteiger partial charge on any atom is 0.350 e. The van der Waals surface area contributed by atoms with Crippen LogP contribution >= 0.6 is 0 Å². The highest BCUT2D eigenvalue weighted by atomic mass is 16.1. The normalized spacial score (nSPS) is 11.1. The molecule has 17 heavy (non-hydrogen) atoms. The Kier molecular flexibility index (Phi) is 2.18. The van der Waals surface area contributed by atoms with Gasteiger partial charge in [-0.15, -0.1) is 0 Å². The van der Waals surface area contributed by atoms with Crippen LogP contribution in [0.15, 0.2) is 53.5 Å². The number of para-hydroxylation sites is 1. The van der Waals surface area contributed by atoms with Crippen molar-refractivity contribution in [3.63, 3.8) is 0 Å². The highest BCUT2D eigenvalue weighted by Gasteiger charge is 2.15. The molecule has 0 saturated heterocycles. The molecule has 0 N–H and O–H groups in total. The first-order valence-electron chi connectivity index (χ1n) is 5.75. The van der Waals surface area contributed by atoms with Gasteiger partial charge >= 0.3 is 5.56 Å². The molecule has 2 aromatic heterocycles. The molecule has 0 aliphatic heterocycles. The molecule has 0 saturated carbocycles. The number of aryl methyl sites for hydroxylation is 1. The van der Waals surface area contributed by atoms with Gasteiger partial charge in [-0.1, -0.05) is 18.2 Å². The summed E-state index contributed by atoms with van der Waals surface area (Å²) in [6.45, 7) is 2.93. The Labute approximate surface area is 98.6 Å². The molecule has 0 radical (unpaired) electrons. The SMILES string of the molecule is CC[n+]1c2ccccc2c(=O)n2ccccc21. The second-order valence-electron chi connectivity index (χ2n) is 4.00. The number of fused-ring (bicyclic) bond motifs is 2. The van der Waals surface area contributed by atoms with Crippen LogP contribution in [-0.2, 0) is 6.54 Å². The second kappa shape index (κ2) is 3.70. The molecule has 0 fully saturated rings. The van der Waals surface area contributed by atoms with Gasteiger partial charge in [-0.05, 0) is 25.1 Å². The van der Waals surface area contributed by atoms with Gasteiger partial charge in [-0.3, -0.25) is 0 Å². The van der Waals surface area contributed by atoms with Crippen molar-refractivity contribution in [2.45, 2.75) is 13.5 Å². The van der Waals surface area contributed by atoms with Crippen LogP contribution in [0.4, 0.5) is 0 Å². The molecule has 1 aromatic carbocycles. The number of aromatic nitrogens is 2. The molecule has 3 heteroatoms. The van der Waals surface area contributed by atoms with Crippen molar-refractivity contribution in [3.8, 4) is 0 Å². The molecule has 0 spiro atoms. The average Bonchev–Trinajstić information content (AvgIpc) is 2.40. The Hall–Kier alpha value is -2.16. The number of hydrogen-bond acceptors (Lipinski definition) is 1. The summed E-state index contributed by atoms with van der Waals surface area (Å²) in [5.41, 5.74) is 1.96. The summed E-state index contributed by atoms with van der Waals surface area (Å²) < 4.78 is 3.85. The van der Waals surface area contributed by atoms with E-state index in [0.29, 0.717) is 0 Å². The number of benzene rings is 1. The van der Waals surface area contributed by atoms with Crippen molar-refractivity contribution in [1.82, 2.24) is 4.40 Å². The lowest BCUT2D eigenvalue weighted by atomic mass is 10.2. The Morgan fingerprint density at radius 1 is 1.12 bits per heavy atom. The van der Waals surface area contributed by atoms with Crippen LogP contribution in [-0.4, -0.2) is 4.40 Å². The highest BCUT2D eigenvalue weighted by Crippen LogP contribution is 2.06. The molecular formula is C14H13N2O+. The Morgan fingerprint density at radius 3 is 2.71 bits per heavy atom. The van der Waals surface area contributed by atoms with Crippen LogP contribution in [0, 0.1) is 0 Å². The molecule has 2 heterocycles. The van der Waals surface area contributed by atoms with Gasteiger partial charge < -0.3 is 0 Å². The first kappa shape index (κ1) is 10.0. The van der Waals surface area contributed by atoms with Crippen LogP contribution in [0.5, 0.6) is 0 Å². The summed E-state index contributed by atoms with van der Waals surface area (Å²) in [4.78, 5) is 12.3. The van der Waals surface area contributed by atoms with Crippen molar-refractivity contribution in [3.05, 3.63) is 59.0 Å². The molecule has 0 atom stereocenters. The van der Waals surface area contributed by atoms with E-state index in [4.69, 9.17) is 0 Å². The highest BCUT2D eigenvalue weighted by molar-refractivity contribution is 5.75. The summed E-state index contributed by atoms with van der Waals surface area (Å²) in [6.07, 6.45) is 1.82. The van der Waals surface area contributed by atoms with Gasteiger partial charge in [-0.25, -0.2) is 9.36 Å².